The van der Waals surface area contributed by atoms with Crippen molar-refractivity contribution in [2.24, 2.45) is 0 Å². The molecule has 5 heteroatoms. The summed E-state index contributed by atoms with van der Waals surface area (Å²) in [6, 6.07) is 12.5. The third kappa shape index (κ3) is 2.15. The van der Waals surface area contributed by atoms with Crippen LogP contribution in [0.1, 0.15) is 17.2 Å². The monoisotopic (exact) mass is 279 g/mol. The molecule has 1 aliphatic heterocycles. The van der Waals surface area contributed by atoms with Crippen molar-refractivity contribution in [2.75, 3.05) is 13.1 Å². The van der Waals surface area contributed by atoms with Crippen LogP contribution in [-0.2, 0) is 0 Å². The van der Waals surface area contributed by atoms with Crippen molar-refractivity contribution in [2.45, 2.75) is 12.8 Å². The van der Waals surface area contributed by atoms with Crippen LogP contribution in [0, 0.1) is 6.92 Å². The van der Waals surface area contributed by atoms with Gasteiger partial charge in [-0.3, -0.25) is 0 Å². The number of nitrogens with one attached hydrogen (secondary N) is 1. The second-order valence-electron chi connectivity index (χ2n) is 5.48. The van der Waals surface area contributed by atoms with Crippen LogP contribution in [0.3, 0.4) is 0 Å². The molecule has 2 aromatic heterocycles. The number of nitrogens with zero attached hydrogens (tertiary/aromatic N) is 4. The number of rotatable bonds is 3. The lowest BCUT2D eigenvalue weighted by atomic mass is 10.00. The van der Waals surface area contributed by atoms with Crippen LogP contribution in [0.15, 0.2) is 48.8 Å². The summed E-state index contributed by atoms with van der Waals surface area (Å²) in [5, 5.41) is 12.4. The van der Waals surface area contributed by atoms with Gasteiger partial charge < -0.3 is 5.32 Å². The fourth-order valence-corrected chi connectivity index (χ4v) is 2.53. The molecule has 0 radical (unpaired) electrons. The molecule has 21 heavy (non-hydrogen) atoms. The van der Waals surface area contributed by atoms with E-state index < -0.39 is 0 Å². The standard InChI is InChI=1S/C16H17N5/c1-12-3-5-14(6-4-12)21-16(20-8-2-7-18-20)9-15(19-21)13-10-17-11-13/h2-9,13,17H,10-11H2,1H3. The van der Waals surface area contributed by atoms with Crippen molar-refractivity contribution in [1.82, 2.24) is 24.9 Å². The lowest BCUT2D eigenvalue weighted by Crippen LogP contribution is -2.40. The first-order chi connectivity index (χ1) is 10.3. The molecule has 0 bridgehead atoms. The summed E-state index contributed by atoms with van der Waals surface area (Å²) in [5.74, 6) is 1.48. The second kappa shape index (κ2) is 4.86. The Hall–Kier alpha value is -2.40. The first-order valence-corrected chi connectivity index (χ1v) is 7.19. The average Bonchev–Trinajstić information content (AvgIpc) is 3.06. The number of aryl methyl sites for hydroxylation is 1. The molecule has 1 fully saturated rings. The predicted molar refractivity (Wildman–Crippen MR) is 81.0 cm³/mol. The van der Waals surface area contributed by atoms with Gasteiger partial charge in [-0.05, 0) is 25.1 Å². The van der Waals surface area contributed by atoms with Crippen molar-refractivity contribution in [1.29, 1.82) is 0 Å². The Kier molecular flexibility index (Phi) is 2.86. The minimum Gasteiger partial charge on any atom is -0.315 e. The van der Waals surface area contributed by atoms with Crippen LogP contribution in [-0.4, -0.2) is 32.7 Å². The molecule has 4 rings (SSSR count). The summed E-state index contributed by atoms with van der Waals surface area (Å²) >= 11 is 0. The van der Waals surface area contributed by atoms with Crippen LogP contribution in [0.4, 0.5) is 0 Å². The van der Waals surface area contributed by atoms with E-state index in [1.807, 2.05) is 21.6 Å². The Labute approximate surface area is 123 Å². The van der Waals surface area contributed by atoms with Crippen molar-refractivity contribution >= 4 is 0 Å². The molecule has 106 valence electrons. The van der Waals surface area contributed by atoms with E-state index >= 15 is 0 Å². The molecular weight excluding hydrogens is 262 g/mol. The van der Waals surface area contributed by atoms with Gasteiger partial charge in [-0.2, -0.15) is 10.2 Å². The van der Waals surface area contributed by atoms with Gasteiger partial charge in [-0.25, -0.2) is 9.36 Å². The van der Waals surface area contributed by atoms with Crippen LogP contribution in [0.25, 0.3) is 11.5 Å². The molecule has 0 aliphatic carbocycles. The summed E-state index contributed by atoms with van der Waals surface area (Å²) in [4.78, 5) is 0. The fraction of sp³-hybridized carbons (Fsp3) is 0.250. The van der Waals surface area contributed by atoms with E-state index in [0.29, 0.717) is 5.92 Å². The number of hydrogen-bond acceptors (Lipinski definition) is 3. The first kappa shape index (κ1) is 12.3. The summed E-state index contributed by atoms with van der Waals surface area (Å²) in [6.07, 6.45) is 3.74. The van der Waals surface area contributed by atoms with Crippen molar-refractivity contribution in [3.8, 4) is 11.5 Å². The molecule has 1 saturated heterocycles. The molecule has 0 spiro atoms. The zero-order valence-corrected chi connectivity index (χ0v) is 11.9. The minimum atomic E-state index is 0.506. The second-order valence-corrected chi connectivity index (χ2v) is 5.48. The maximum absolute atomic E-state index is 4.80. The molecule has 3 aromatic rings. The van der Waals surface area contributed by atoms with E-state index in [9.17, 15) is 0 Å². The highest BCUT2D eigenvalue weighted by Gasteiger charge is 2.24. The van der Waals surface area contributed by atoms with E-state index in [2.05, 4.69) is 47.7 Å². The third-order valence-electron chi connectivity index (χ3n) is 3.93. The van der Waals surface area contributed by atoms with Gasteiger partial charge in [-0.15, -0.1) is 0 Å². The maximum atomic E-state index is 4.80. The molecule has 0 atom stereocenters. The highest BCUT2D eigenvalue weighted by Crippen LogP contribution is 2.23. The van der Waals surface area contributed by atoms with Gasteiger partial charge in [0, 0.05) is 37.5 Å². The predicted octanol–water partition coefficient (Wildman–Crippen LogP) is 2.05. The Balaban J connectivity index is 1.83. The highest BCUT2D eigenvalue weighted by molar-refractivity contribution is 5.41. The van der Waals surface area contributed by atoms with Gasteiger partial charge in [0.15, 0.2) is 5.82 Å². The molecule has 1 aromatic carbocycles. The lowest BCUT2D eigenvalue weighted by molar-refractivity contribution is 0.437. The topological polar surface area (TPSA) is 47.7 Å². The smallest absolute Gasteiger partial charge is 0.157 e. The minimum absolute atomic E-state index is 0.506. The molecule has 0 unspecified atom stereocenters. The van der Waals surface area contributed by atoms with Crippen molar-refractivity contribution < 1.29 is 0 Å². The van der Waals surface area contributed by atoms with E-state index in [-0.39, 0.29) is 0 Å². The van der Waals surface area contributed by atoms with Crippen LogP contribution in [0.2, 0.25) is 0 Å². The normalized spacial score (nSPS) is 15.1. The number of benzene rings is 1. The van der Waals surface area contributed by atoms with E-state index in [4.69, 9.17) is 5.10 Å². The Morgan fingerprint density at radius 3 is 2.62 bits per heavy atom. The van der Waals surface area contributed by atoms with Crippen molar-refractivity contribution in [3.05, 3.63) is 60.0 Å². The van der Waals surface area contributed by atoms with Gasteiger partial charge in [0.1, 0.15) is 0 Å². The summed E-state index contributed by atoms with van der Waals surface area (Å²) in [7, 11) is 0. The molecule has 5 nitrogen and oxygen atoms in total. The zero-order chi connectivity index (χ0) is 14.2. The Bertz CT molecular complexity index is 736. The van der Waals surface area contributed by atoms with Gasteiger partial charge in [-0.1, -0.05) is 17.7 Å². The molecular formula is C16H17N5. The molecule has 1 aliphatic rings. The zero-order valence-electron chi connectivity index (χ0n) is 11.9. The average molecular weight is 279 g/mol. The van der Waals surface area contributed by atoms with Gasteiger partial charge in [0.2, 0.25) is 0 Å². The fourth-order valence-electron chi connectivity index (χ4n) is 2.53. The van der Waals surface area contributed by atoms with Gasteiger partial charge in [0.05, 0.1) is 11.4 Å². The number of hydrogen-bond donors (Lipinski definition) is 1. The van der Waals surface area contributed by atoms with Crippen molar-refractivity contribution in [3.63, 3.8) is 0 Å². The number of aromatic nitrogens is 4. The summed E-state index contributed by atoms with van der Waals surface area (Å²) in [6.45, 7) is 4.10. The Morgan fingerprint density at radius 2 is 2.00 bits per heavy atom. The van der Waals surface area contributed by atoms with E-state index in [1.54, 1.807) is 6.20 Å². The van der Waals surface area contributed by atoms with Crippen LogP contribution >= 0.6 is 0 Å². The molecule has 0 saturated carbocycles. The van der Waals surface area contributed by atoms with Gasteiger partial charge in [0.25, 0.3) is 0 Å². The summed E-state index contributed by atoms with van der Waals surface area (Å²) in [5.41, 5.74) is 3.43. The Morgan fingerprint density at radius 1 is 1.19 bits per heavy atom. The third-order valence-corrected chi connectivity index (χ3v) is 3.93. The SMILES string of the molecule is Cc1ccc(-n2nc(C3CNC3)cc2-n2cccn2)cc1. The molecule has 1 N–H and O–H groups in total. The van der Waals surface area contributed by atoms with E-state index in [1.165, 1.54) is 5.56 Å². The van der Waals surface area contributed by atoms with E-state index in [0.717, 1.165) is 30.3 Å². The first-order valence-electron chi connectivity index (χ1n) is 7.19. The van der Waals surface area contributed by atoms with Gasteiger partial charge >= 0.3 is 0 Å². The maximum Gasteiger partial charge on any atom is 0.157 e. The van der Waals surface area contributed by atoms with Crippen LogP contribution in [0.5, 0.6) is 0 Å². The van der Waals surface area contributed by atoms with Crippen LogP contribution < -0.4 is 5.32 Å². The largest absolute Gasteiger partial charge is 0.315 e. The quantitative estimate of drug-likeness (QED) is 0.798. The molecule has 0 amide bonds. The summed E-state index contributed by atoms with van der Waals surface area (Å²) < 4.78 is 3.84. The molecule has 3 heterocycles. The lowest BCUT2D eigenvalue weighted by Gasteiger charge is -2.24. The highest BCUT2D eigenvalue weighted by atomic mass is 15.4.